The zero-order chi connectivity index (χ0) is 10.8. The third-order valence-electron chi connectivity index (χ3n) is 2.07. The van der Waals surface area contributed by atoms with Crippen molar-refractivity contribution < 1.29 is 0 Å². The first kappa shape index (κ1) is 13.3. The molecule has 14 heavy (non-hydrogen) atoms. The molecule has 0 aliphatic carbocycles. The molecule has 0 aliphatic heterocycles. The first-order valence-corrected chi connectivity index (χ1v) is 5.61. The van der Waals surface area contributed by atoms with Gasteiger partial charge in [-0.2, -0.15) is 0 Å². The van der Waals surface area contributed by atoms with Crippen LogP contribution < -0.4 is 0 Å². The van der Waals surface area contributed by atoms with Crippen molar-refractivity contribution in [1.82, 2.24) is 0 Å². The molecule has 0 aliphatic rings. The summed E-state index contributed by atoms with van der Waals surface area (Å²) in [5.41, 5.74) is 2.61. The summed E-state index contributed by atoms with van der Waals surface area (Å²) in [7, 11) is 0. The summed E-state index contributed by atoms with van der Waals surface area (Å²) in [5.74, 6) is 3.00. The van der Waals surface area contributed by atoms with E-state index in [1.165, 1.54) is 11.1 Å². The van der Waals surface area contributed by atoms with Crippen LogP contribution >= 0.6 is 11.6 Å². The van der Waals surface area contributed by atoms with Crippen LogP contribution in [-0.4, -0.2) is 0 Å². The van der Waals surface area contributed by atoms with E-state index in [0.717, 1.165) is 32.1 Å². The number of hydrogen-bond acceptors (Lipinski definition) is 0. The minimum absolute atomic E-state index is 0.939. The molecule has 0 aromatic heterocycles. The Morgan fingerprint density at radius 3 is 2.36 bits per heavy atom. The van der Waals surface area contributed by atoms with Crippen LogP contribution in [0.2, 0.25) is 0 Å². The summed E-state index contributed by atoms with van der Waals surface area (Å²) in [5, 5.41) is 2.48. The largest absolute Gasteiger partial charge is 0.103 e. The Morgan fingerprint density at radius 1 is 1.29 bits per heavy atom. The van der Waals surface area contributed by atoms with E-state index in [0.29, 0.717) is 0 Å². The predicted octanol–water partition coefficient (Wildman–Crippen LogP) is 4.66. The van der Waals surface area contributed by atoms with Gasteiger partial charge in [0.25, 0.3) is 0 Å². The highest BCUT2D eigenvalue weighted by Gasteiger charge is 2.01. The highest BCUT2D eigenvalue weighted by atomic mass is 35.5. The van der Waals surface area contributed by atoms with Gasteiger partial charge in [0, 0.05) is 11.0 Å². The first-order valence-electron chi connectivity index (χ1n) is 5.23. The Labute approximate surface area is 93.0 Å². The molecule has 78 valence electrons. The van der Waals surface area contributed by atoms with E-state index in [9.17, 15) is 0 Å². The summed E-state index contributed by atoms with van der Waals surface area (Å²) in [6, 6.07) is 0. The van der Waals surface area contributed by atoms with Gasteiger partial charge in [-0.05, 0) is 30.9 Å². The minimum atomic E-state index is 0.939. The fourth-order valence-corrected chi connectivity index (χ4v) is 1.60. The number of allylic oxidation sites excluding steroid dienone is 3. The van der Waals surface area contributed by atoms with E-state index in [1.54, 1.807) is 0 Å². The Kier molecular flexibility index (Phi) is 8.48. The number of halogens is 1. The lowest BCUT2D eigenvalue weighted by Crippen LogP contribution is -1.90. The topological polar surface area (TPSA) is 0 Å². The summed E-state index contributed by atoms with van der Waals surface area (Å²) >= 11 is 5.46. The highest BCUT2D eigenvalue weighted by molar-refractivity contribution is 6.30. The van der Waals surface area contributed by atoms with Crippen molar-refractivity contribution in [2.45, 2.75) is 46.0 Å². The summed E-state index contributed by atoms with van der Waals surface area (Å²) < 4.78 is 0. The third kappa shape index (κ3) is 5.14. The molecule has 0 radical (unpaired) electrons. The molecule has 1 heteroatoms. The van der Waals surface area contributed by atoms with Gasteiger partial charge in [-0.15, -0.1) is 6.58 Å². The molecule has 0 nitrogen and oxygen atoms in total. The normalized spacial score (nSPS) is 11.4. The zero-order valence-electron chi connectivity index (χ0n) is 9.20. The van der Waals surface area contributed by atoms with Crippen LogP contribution in [0.1, 0.15) is 46.0 Å². The van der Waals surface area contributed by atoms with Crippen LogP contribution in [0, 0.1) is 11.3 Å². The molecule has 0 fully saturated rings. The van der Waals surface area contributed by atoms with E-state index in [4.69, 9.17) is 11.6 Å². The Hall–Kier alpha value is -0.670. The quantitative estimate of drug-likeness (QED) is 0.442. The molecule has 0 saturated heterocycles. The lowest BCUT2D eigenvalue weighted by atomic mass is 9.98. The fraction of sp³-hybridized carbons (Fsp3) is 0.538. The van der Waals surface area contributed by atoms with Gasteiger partial charge in [0.2, 0.25) is 0 Å². The van der Waals surface area contributed by atoms with Gasteiger partial charge in [-0.1, -0.05) is 44.3 Å². The average Bonchev–Trinajstić information content (AvgIpc) is 2.17. The second-order valence-corrected chi connectivity index (χ2v) is 3.48. The molecule has 0 bridgehead atoms. The van der Waals surface area contributed by atoms with Crippen molar-refractivity contribution in [2.24, 2.45) is 0 Å². The van der Waals surface area contributed by atoms with Crippen LogP contribution in [0.5, 0.6) is 0 Å². The highest BCUT2D eigenvalue weighted by Crippen LogP contribution is 2.19. The zero-order valence-corrected chi connectivity index (χ0v) is 9.95. The average molecular weight is 211 g/mol. The maximum absolute atomic E-state index is 5.46. The van der Waals surface area contributed by atoms with Crippen molar-refractivity contribution >= 4 is 11.6 Å². The van der Waals surface area contributed by atoms with Gasteiger partial charge in [-0.3, -0.25) is 0 Å². The van der Waals surface area contributed by atoms with Crippen LogP contribution in [0.25, 0.3) is 0 Å². The lowest BCUT2D eigenvalue weighted by Gasteiger charge is -2.07. The van der Waals surface area contributed by atoms with Crippen LogP contribution in [-0.2, 0) is 0 Å². The third-order valence-corrected chi connectivity index (χ3v) is 2.16. The van der Waals surface area contributed by atoms with Gasteiger partial charge >= 0.3 is 0 Å². The first-order chi connectivity index (χ1) is 6.79. The van der Waals surface area contributed by atoms with Gasteiger partial charge < -0.3 is 0 Å². The van der Waals surface area contributed by atoms with Gasteiger partial charge in [0.1, 0.15) is 0 Å². The molecule has 0 N–H and O–H groups in total. The molecule has 0 rings (SSSR count). The van der Waals surface area contributed by atoms with Gasteiger partial charge in [-0.25, -0.2) is 0 Å². The van der Waals surface area contributed by atoms with E-state index >= 15 is 0 Å². The van der Waals surface area contributed by atoms with Crippen molar-refractivity contribution in [1.29, 1.82) is 0 Å². The lowest BCUT2D eigenvalue weighted by molar-refractivity contribution is 0.837. The molecule has 0 atom stereocenters. The maximum Gasteiger partial charge on any atom is 0.00918 e. The van der Waals surface area contributed by atoms with E-state index in [-0.39, 0.29) is 0 Å². The van der Waals surface area contributed by atoms with Crippen molar-refractivity contribution in [2.75, 3.05) is 0 Å². The number of hydrogen-bond donors (Lipinski definition) is 0. The van der Waals surface area contributed by atoms with Gasteiger partial charge in [0.05, 0.1) is 0 Å². The Morgan fingerprint density at radius 2 is 1.93 bits per heavy atom. The molecule has 0 heterocycles. The van der Waals surface area contributed by atoms with Crippen molar-refractivity contribution in [3.8, 4) is 11.3 Å². The Balaban J connectivity index is 4.77. The standard InChI is InChI=1S/C13H19Cl/c1-4-7-12(8-5-2)13(9-6-3)10-11-14/h4H,1,5-9H2,2-3H3/b13-12+. The smallest absolute Gasteiger partial charge is 0.00918 e. The fourth-order valence-electron chi connectivity index (χ4n) is 1.49. The second kappa shape index (κ2) is 8.91. The summed E-state index contributed by atoms with van der Waals surface area (Å²) in [6.07, 6.45) is 7.28. The molecule has 0 amide bonds. The van der Waals surface area contributed by atoms with Crippen molar-refractivity contribution in [3.05, 3.63) is 23.8 Å². The molecule has 0 aromatic rings. The van der Waals surface area contributed by atoms with Crippen LogP contribution in [0.3, 0.4) is 0 Å². The predicted molar refractivity (Wildman–Crippen MR) is 65.3 cm³/mol. The monoisotopic (exact) mass is 210 g/mol. The van der Waals surface area contributed by atoms with E-state index < -0.39 is 0 Å². The molecule has 0 saturated carbocycles. The Bertz CT molecular complexity index is 250. The van der Waals surface area contributed by atoms with Crippen LogP contribution in [0.4, 0.5) is 0 Å². The maximum atomic E-state index is 5.46. The SMILES string of the molecule is C=CC/C(CCC)=C(\C#CCl)CCC. The second-order valence-electron chi connectivity index (χ2n) is 3.29. The summed E-state index contributed by atoms with van der Waals surface area (Å²) in [6.45, 7) is 8.11. The van der Waals surface area contributed by atoms with E-state index in [1.807, 2.05) is 6.08 Å². The molecular formula is C13H19Cl. The number of rotatable bonds is 6. The molecule has 0 aromatic carbocycles. The van der Waals surface area contributed by atoms with Crippen LogP contribution in [0.15, 0.2) is 23.8 Å². The van der Waals surface area contributed by atoms with Crippen molar-refractivity contribution in [3.63, 3.8) is 0 Å². The molecule has 0 spiro atoms. The summed E-state index contributed by atoms with van der Waals surface area (Å²) in [4.78, 5) is 0. The molecular weight excluding hydrogens is 192 g/mol. The van der Waals surface area contributed by atoms with E-state index in [2.05, 4.69) is 31.7 Å². The minimum Gasteiger partial charge on any atom is -0.103 e. The van der Waals surface area contributed by atoms with Gasteiger partial charge in [0.15, 0.2) is 0 Å². The molecule has 0 unspecified atom stereocenters.